The van der Waals surface area contributed by atoms with Crippen LogP contribution in [-0.4, -0.2) is 27.7 Å². The molecule has 0 aliphatic carbocycles. The van der Waals surface area contributed by atoms with Crippen LogP contribution in [-0.2, 0) is 20.0 Å². The number of hydrogen-bond donors (Lipinski definition) is 2. The van der Waals surface area contributed by atoms with Crippen LogP contribution in [0.5, 0.6) is 0 Å². The number of anilines is 1. The van der Waals surface area contributed by atoms with Crippen LogP contribution in [0.15, 0.2) is 18.3 Å². The van der Waals surface area contributed by atoms with E-state index in [1.807, 2.05) is 27.0 Å². The van der Waals surface area contributed by atoms with Crippen molar-refractivity contribution >= 4 is 11.7 Å². The lowest BCUT2D eigenvalue weighted by Crippen LogP contribution is -2.23. The highest BCUT2D eigenvalue weighted by Crippen LogP contribution is 2.11. The van der Waals surface area contributed by atoms with Crippen molar-refractivity contribution in [3.8, 4) is 0 Å². The van der Waals surface area contributed by atoms with Crippen LogP contribution < -0.4 is 10.6 Å². The van der Waals surface area contributed by atoms with Crippen molar-refractivity contribution in [2.24, 2.45) is 7.05 Å². The van der Waals surface area contributed by atoms with Crippen molar-refractivity contribution in [1.82, 2.24) is 20.1 Å². The van der Waals surface area contributed by atoms with Gasteiger partial charge in [-0.3, -0.25) is 9.48 Å². The molecule has 0 bridgehead atoms. The molecule has 0 radical (unpaired) electrons. The second kappa shape index (κ2) is 6.39. The first-order valence-corrected chi connectivity index (χ1v) is 6.99. The minimum atomic E-state index is -0.105. The van der Waals surface area contributed by atoms with Crippen molar-refractivity contribution in [3.63, 3.8) is 0 Å². The molecule has 6 heteroatoms. The summed E-state index contributed by atoms with van der Waals surface area (Å²) in [6.45, 7) is 4.47. The summed E-state index contributed by atoms with van der Waals surface area (Å²) in [6.07, 6.45) is 2.57. The normalized spacial score (nSPS) is 10.5. The molecule has 1 amide bonds. The highest BCUT2D eigenvalue weighted by atomic mass is 16.1. The number of aromatic nitrogens is 3. The maximum atomic E-state index is 12.3. The molecule has 0 atom stereocenters. The van der Waals surface area contributed by atoms with Crippen molar-refractivity contribution in [1.29, 1.82) is 0 Å². The summed E-state index contributed by atoms with van der Waals surface area (Å²) in [5, 5.41) is 10.1. The topological polar surface area (TPSA) is 71.8 Å². The number of carbonyl (C=O) groups excluding carboxylic acids is 1. The van der Waals surface area contributed by atoms with Crippen LogP contribution in [0.25, 0.3) is 0 Å². The Labute approximate surface area is 124 Å². The molecule has 2 rings (SSSR count). The van der Waals surface area contributed by atoms with Crippen molar-refractivity contribution < 1.29 is 4.79 Å². The lowest BCUT2D eigenvalue weighted by molar-refractivity contribution is 0.0950. The van der Waals surface area contributed by atoms with Gasteiger partial charge in [-0.05, 0) is 25.5 Å². The molecule has 2 aromatic rings. The summed E-state index contributed by atoms with van der Waals surface area (Å²) in [6, 6.07) is 3.58. The summed E-state index contributed by atoms with van der Waals surface area (Å²) in [4.78, 5) is 16.7. The summed E-state index contributed by atoms with van der Waals surface area (Å²) in [5.74, 6) is 0.601. The van der Waals surface area contributed by atoms with Crippen LogP contribution in [0.1, 0.15) is 34.2 Å². The van der Waals surface area contributed by atoms with E-state index in [0.29, 0.717) is 17.9 Å². The Hall–Kier alpha value is -2.37. The van der Waals surface area contributed by atoms with E-state index in [1.165, 1.54) is 0 Å². The lowest BCUT2D eigenvalue weighted by atomic mass is 10.1. The smallest absolute Gasteiger partial charge is 0.251 e. The number of aryl methyl sites for hydroxylation is 2. The molecule has 0 unspecified atom stereocenters. The second-order valence-electron chi connectivity index (χ2n) is 4.90. The molecule has 0 spiro atoms. The van der Waals surface area contributed by atoms with Gasteiger partial charge in [0.2, 0.25) is 0 Å². The SMILES string of the molecule is CCc1cc(C(=O)NCc2cnn(C)c2C)cc(NC)n1. The van der Waals surface area contributed by atoms with E-state index in [0.717, 1.165) is 23.4 Å². The van der Waals surface area contributed by atoms with Crippen molar-refractivity contribution in [2.75, 3.05) is 12.4 Å². The Bertz CT molecular complexity index is 625. The van der Waals surface area contributed by atoms with Crippen LogP contribution in [0.4, 0.5) is 5.82 Å². The number of nitrogens with one attached hydrogen (secondary N) is 2. The van der Waals surface area contributed by atoms with Gasteiger partial charge < -0.3 is 10.6 Å². The molecule has 0 aliphatic heterocycles. The minimum absolute atomic E-state index is 0.105. The fourth-order valence-corrected chi connectivity index (χ4v) is 2.02. The molecule has 2 aromatic heterocycles. The van der Waals surface area contributed by atoms with Gasteiger partial charge in [0.05, 0.1) is 6.20 Å². The lowest BCUT2D eigenvalue weighted by Gasteiger charge is -2.08. The monoisotopic (exact) mass is 287 g/mol. The van der Waals surface area contributed by atoms with Gasteiger partial charge in [0.15, 0.2) is 0 Å². The van der Waals surface area contributed by atoms with E-state index in [9.17, 15) is 4.79 Å². The molecule has 0 fully saturated rings. The van der Waals surface area contributed by atoms with E-state index in [1.54, 1.807) is 24.0 Å². The molecule has 21 heavy (non-hydrogen) atoms. The van der Waals surface area contributed by atoms with Crippen LogP contribution in [0.3, 0.4) is 0 Å². The maximum Gasteiger partial charge on any atom is 0.251 e. The molecule has 0 aliphatic rings. The van der Waals surface area contributed by atoms with Crippen molar-refractivity contribution in [2.45, 2.75) is 26.8 Å². The Morgan fingerprint density at radius 3 is 2.71 bits per heavy atom. The average Bonchev–Trinajstić information content (AvgIpc) is 2.83. The Morgan fingerprint density at radius 2 is 2.14 bits per heavy atom. The van der Waals surface area contributed by atoms with Gasteiger partial charge in [0, 0.05) is 43.2 Å². The highest BCUT2D eigenvalue weighted by Gasteiger charge is 2.10. The van der Waals surface area contributed by atoms with Gasteiger partial charge in [0.25, 0.3) is 5.91 Å². The summed E-state index contributed by atoms with van der Waals surface area (Å²) < 4.78 is 1.79. The molecular formula is C15H21N5O. The molecule has 2 N–H and O–H groups in total. The van der Waals surface area contributed by atoms with E-state index in [2.05, 4.69) is 20.7 Å². The molecule has 0 saturated carbocycles. The largest absolute Gasteiger partial charge is 0.373 e. The molecule has 0 saturated heterocycles. The number of rotatable bonds is 5. The van der Waals surface area contributed by atoms with E-state index >= 15 is 0 Å². The molecule has 2 heterocycles. The Balaban J connectivity index is 2.11. The summed E-state index contributed by atoms with van der Waals surface area (Å²) in [7, 11) is 3.68. The molecule has 6 nitrogen and oxygen atoms in total. The standard InChI is InChI=1S/C15H21N5O/c1-5-13-6-11(7-14(16-3)19-13)15(21)17-8-12-9-18-20(4)10(12)2/h6-7,9H,5,8H2,1-4H3,(H,16,19)(H,17,21). The average molecular weight is 287 g/mol. The molecule has 0 aromatic carbocycles. The minimum Gasteiger partial charge on any atom is -0.373 e. The van der Waals surface area contributed by atoms with Gasteiger partial charge in [-0.15, -0.1) is 0 Å². The first kappa shape index (κ1) is 15.0. The van der Waals surface area contributed by atoms with Gasteiger partial charge >= 0.3 is 0 Å². The number of carbonyl (C=O) groups is 1. The zero-order valence-electron chi connectivity index (χ0n) is 12.9. The number of pyridine rings is 1. The zero-order chi connectivity index (χ0) is 15.4. The van der Waals surface area contributed by atoms with E-state index in [-0.39, 0.29) is 5.91 Å². The van der Waals surface area contributed by atoms with Gasteiger partial charge in [-0.2, -0.15) is 5.10 Å². The third-order valence-corrected chi connectivity index (χ3v) is 3.54. The van der Waals surface area contributed by atoms with Crippen LogP contribution in [0, 0.1) is 6.92 Å². The van der Waals surface area contributed by atoms with Crippen LogP contribution in [0.2, 0.25) is 0 Å². The predicted octanol–water partition coefficient (Wildman–Crippen LogP) is 1.66. The number of hydrogen-bond acceptors (Lipinski definition) is 4. The van der Waals surface area contributed by atoms with E-state index < -0.39 is 0 Å². The number of amides is 1. The fraction of sp³-hybridized carbons (Fsp3) is 0.400. The zero-order valence-corrected chi connectivity index (χ0v) is 12.9. The molecular weight excluding hydrogens is 266 g/mol. The fourth-order valence-electron chi connectivity index (χ4n) is 2.02. The highest BCUT2D eigenvalue weighted by molar-refractivity contribution is 5.95. The quantitative estimate of drug-likeness (QED) is 0.877. The summed E-state index contributed by atoms with van der Waals surface area (Å²) in [5.41, 5.74) is 3.58. The summed E-state index contributed by atoms with van der Waals surface area (Å²) >= 11 is 0. The molecule has 112 valence electrons. The van der Waals surface area contributed by atoms with Gasteiger partial charge in [0.1, 0.15) is 5.82 Å². The third-order valence-electron chi connectivity index (χ3n) is 3.54. The number of nitrogens with zero attached hydrogens (tertiary/aromatic N) is 3. The van der Waals surface area contributed by atoms with Gasteiger partial charge in [-0.1, -0.05) is 6.92 Å². The van der Waals surface area contributed by atoms with Crippen LogP contribution >= 0.6 is 0 Å². The predicted molar refractivity (Wildman–Crippen MR) is 82.3 cm³/mol. The third kappa shape index (κ3) is 3.39. The van der Waals surface area contributed by atoms with Gasteiger partial charge in [-0.25, -0.2) is 4.98 Å². The first-order valence-electron chi connectivity index (χ1n) is 6.99. The van der Waals surface area contributed by atoms with E-state index in [4.69, 9.17) is 0 Å². The van der Waals surface area contributed by atoms with Crippen molar-refractivity contribution in [3.05, 3.63) is 40.8 Å². The second-order valence-corrected chi connectivity index (χ2v) is 4.90. The Morgan fingerprint density at radius 1 is 1.38 bits per heavy atom. The first-order chi connectivity index (χ1) is 10.0. The Kier molecular flexibility index (Phi) is 4.57. The maximum absolute atomic E-state index is 12.3.